The molecule has 6 nitrogen and oxygen atoms in total. The summed E-state index contributed by atoms with van der Waals surface area (Å²) in [5.41, 5.74) is 0.152. The Kier molecular flexibility index (Phi) is 5.06. The average Bonchev–Trinajstić information content (AvgIpc) is 2.50. The average molecular weight is 323 g/mol. The molecule has 0 bridgehead atoms. The lowest BCUT2D eigenvalue weighted by atomic mass is 10.2. The van der Waals surface area contributed by atoms with Gasteiger partial charge in [-0.05, 0) is 18.2 Å². The Labute approximate surface area is 132 Å². The van der Waals surface area contributed by atoms with Crippen LogP contribution in [0.4, 0.5) is 5.69 Å². The molecule has 2 rings (SSSR count). The first kappa shape index (κ1) is 15.9. The Balaban J connectivity index is 2.18. The van der Waals surface area contributed by atoms with Crippen molar-refractivity contribution in [1.29, 1.82) is 0 Å². The molecule has 0 unspecified atom stereocenters. The summed E-state index contributed by atoms with van der Waals surface area (Å²) in [7, 11) is 3.03. The van der Waals surface area contributed by atoms with Crippen molar-refractivity contribution in [3.63, 3.8) is 0 Å². The number of carbonyl (C=O) groups is 1. The van der Waals surface area contributed by atoms with E-state index in [9.17, 15) is 9.59 Å². The number of aromatic nitrogens is 1. The van der Waals surface area contributed by atoms with Gasteiger partial charge in [0.1, 0.15) is 18.0 Å². The number of carbonyl (C=O) groups excluding carboxylic acids is 1. The number of anilines is 1. The molecule has 2 aromatic rings. The lowest BCUT2D eigenvalue weighted by molar-refractivity contribution is -0.116. The number of amides is 1. The molecular weight excluding hydrogens is 308 g/mol. The van der Waals surface area contributed by atoms with E-state index in [1.54, 1.807) is 18.2 Å². The fraction of sp³-hybridized carbons (Fsp3) is 0.200. The van der Waals surface area contributed by atoms with Crippen LogP contribution in [0, 0.1) is 0 Å². The number of ether oxygens (including phenoxy) is 2. The van der Waals surface area contributed by atoms with Gasteiger partial charge in [0.15, 0.2) is 0 Å². The maximum atomic E-state index is 12.1. The van der Waals surface area contributed by atoms with Gasteiger partial charge in [-0.25, -0.2) is 0 Å². The zero-order chi connectivity index (χ0) is 16.1. The maximum absolute atomic E-state index is 12.1. The number of nitrogens with zero attached hydrogens (tertiary/aromatic N) is 1. The molecule has 1 amide bonds. The van der Waals surface area contributed by atoms with Gasteiger partial charge in [-0.2, -0.15) is 0 Å². The van der Waals surface area contributed by atoms with E-state index < -0.39 is 0 Å². The molecular formula is C15H15ClN2O4. The number of rotatable bonds is 5. The van der Waals surface area contributed by atoms with Crippen molar-refractivity contribution in [2.24, 2.45) is 0 Å². The molecule has 1 aromatic carbocycles. The monoisotopic (exact) mass is 322 g/mol. The van der Waals surface area contributed by atoms with E-state index in [-0.39, 0.29) is 18.0 Å². The highest BCUT2D eigenvalue weighted by atomic mass is 35.5. The third kappa shape index (κ3) is 3.79. The quantitative estimate of drug-likeness (QED) is 0.916. The molecule has 1 aromatic heterocycles. The van der Waals surface area contributed by atoms with Gasteiger partial charge >= 0.3 is 0 Å². The molecule has 116 valence electrons. The van der Waals surface area contributed by atoms with Gasteiger partial charge < -0.3 is 19.4 Å². The minimum atomic E-state index is -0.379. The zero-order valence-electron chi connectivity index (χ0n) is 12.1. The summed E-state index contributed by atoms with van der Waals surface area (Å²) in [6, 6.07) is 7.82. The highest BCUT2D eigenvalue weighted by molar-refractivity contribution is 6.30. The number of benzene rings is 1. The predicted molar refractivity (Wildman–Crippen MR) is 83.9 cm³/mol. The molecule has 0 aliphatic rings. The minimum absolute atomic E-state index is 0.153. The molecule has 0 saturated heterocycles. The summed E-state index contributed by atoms with van der Waals surface area (Å²) in [6.07, 6.45) is 1.41. The molecule has 7 heteroatoms. The van der Waals surface area contributed by atoms with E-state index in [1.165, 1.54) is 37.1 Å². The Bertz CT molecular complexity index is 743. The van der Waals surface area contributed by atoms with Crippen molar-refractivity contribution in [2.75, 3.05) is 19.5 Å². The number of hydrogen-bond donors (Lipinski definition) is 1. The van der Waals surface area contributed by atoms with Crippen molar-refractivity contribution >= 4 is 23.2 Å². The molecule has 0 fully saturated rings. The second-order valence-electron chi connectivity index (χ2n) is 4.43. The molecule has 0 aliphatic carbocycles. The molecule has 0 spiro atoms. The first-order valence-electron chi connectivity index (χ1n) is 6.41. The number of pyridine rings is 1. The summed E-state index contributed by atoms with van der Waals surface area (Å²) in [6.45, 7) is -0.153. The van der Waals surface area contributed by atoms with Gasteiger partial charge in [-0.3, -0.25) is 9.59 Å². The Morgan fingerprint density at radius 1 is 1.23 bits per heavy atom. The van der Waals surface area contributed by atoms with Crippen LogP contribution in [0.2, 0.25) is 5.02 Å². The van der Waals surface area contributed by atoms with Crippen molar-refractivity contribution in [3.8, 4) is 11.5 Å². The molecule has 0 aliphatic heterocycles. The lowest BCUT2D eigenvalue weighted by Crippen LogP contribution is -2.26. The highest BCUT2D eigenvalue weighted by Crippen LogP contribution is 2.28. The van der Waals surface area contributed by atoms with Crippen molar-refractivity contribution in [3.05, 3.63) is 51.9 Å². The molecule has 0 radical (unpaired) electrons. The summed E-state index contributed by atoms with van der Waals surface area (Å²) in [5.74, 6) is 0.694. The van der Waals surface area contributed by atoms with Crippen molar-refractivity contribution in [2.45, 2.75) is 6.54 Å². The van der Waals surface area contributed by atoms with Crippen LogP contribution in [0.1, 0.15) is 0 Å². The van der Waals surface area contributed by atoms with Gasteiger partial charge in [0.05, 0.1) is 24.9 Å². The maximum Gasteiger partial charge on any atom is 0.251 e. The van der Waals surface area contributed by atoms with Gasteiger partial charge in [0.25, 0.3) is 5.56 Å². The van der Waals surface area contributed by atoms with E-state index in [2.05, 4.69) is 5.32 Å². The van der Waals surface area contributed by atoms with Crippen LogP contribution < -0.4 is 20.3 Å². The van der Waals surface area contributed by atoms with Crippen LogP contribution in [0.15, 0.2) is 41.3 Å². The van der Waals surface area contributed by atoms with Gasteiger partial charge in [-0.15, -0.1) is 0 Å². The topological polar surface area (TPSA) is 69.6 Å². The van der Waals surface area contributed by atoms with Gasteiger partial charge in [0, 0.05) is 18.3 Å². The van der Waals surface area contributed by atoms with Crippen LogP contribution in [0.5, 0.6) is 11.5 Å². The standard InChI is InChI=1S/C15H15ClN2O4/c1-21-11-4-5-13(22-2)12(7-11)17-14(19)9-18-8-10(16)3-6-15(18)20/h3-8H,9H2,1-2H3,(H,17,19). The first-order chi connectivity index (χ1) is 10.5. The predicted octanol–water partition coefficient (Wildman–Crippen LogP) is 2.16. The van der Waals surface area contributed by atoms with Crippen LogP contribution in [-0.2, 0) is 11.3 Å². The summed E-state index contributed by atoms with van der Waals surface area (Å²) in [5, 5.41) is 3.07. The Morgan fingerprint density at radius 3 is 2.68 bits per heavy atom. The fourth-order valence-corrected chi connectivity index (χ4v) is 2.06. The molecule has 22 heavy (non-hydrogen) atoms. The minimum Gasteiger partial charge on any atom is -0.497 e. The number of halogens is 1. The Morgan fingerprint density at radius 2 is 2.00 bits per heavy atom. The van der Waals surface area contributed by atoms with Crippen LogP contribution >= 0.6 is 11.6 Å². The SMILES string of the molecule is COc1ccc(OC)c(NC(=O)Cn2cc(Cl)ccc2=O)c1. The number of nitrogens with one attached hydrogen (secondary N) is 1. The highest BCUT2D eigenvalue weighted by Gasteiger charge is 2.10. The van der Waals surface area contributed by atoms with Crippen molar-refractivity contribution < 1.29 is 14.3 Å². The van der Waals surface area contributed by atoms with E-state index in [4.69, 9.17) is 21.1 Å². The Hall–Kier alpha value is -2.47. The van der Waals surface area contributed by atoms with Gasteiger partial charge in [0.2, 0.25) is 5.91 Å². The van der Waals surface area contributed by atoms with Crippen LogP contribution in [0.25, 0.3) is 0 Å². The summed E-state index contributed by atoms with van der Waals surface area (Å²) >= 11 is 5.82. The second kappa shape index (κ2) is 7.00. The number of hydrogen-bond acceptors (Lipinski definition) is 4. The van der Waals surface area contributed by atoms with E-state index in [0.29, 0.717) is 22.2 Å². The smallest absolute Gasteiger partial charge is 0.251 e. The van der Waals surface area contributed by atoms with E-state index in [0.717, 1.165) is 0 Å². The zero-order valence-corrected chi connectivity index (χ0v) is 12.9. The fourth-order valence-electron chi connectivity index (χ4n) is 1.88. The number of methoxy groups -OCH3 is 2. The molecule has 0 saturated carbocycles. The van der Waals surface area contributed by atoms with Gasteiger partial charge in [-0.1, -0.05) is 11.6 Å². The molecule has 0 atom stereocenters. The normalized spacial score (nSPS) is 10.1. The molecule has 1 N–H and O–H groups in total. The largest absolute Gasteiger partial charge is 0.497 e. The summed E-state index contributed by atoms with van der Waals surface area (Å²) < 4.78 is 11.5. The lowest BCUT2D eigenvalue weighted by Gasteiger charge is -2.12. The third-order valence-electron chi connectivity index (χ3n) is 2.94. The summed E-state index contributed by atoms with van der Waals surface area (Å²) in [4.78, 5) is 23.8. The first-order valence-corrected chi connectivity index (χ1v) is 6.79. The van der Waals surface area contributed by atoms with Crippen LogP contribution in [-0.4, -0.2) is 24.7 Å². The van der Waals surface area contributed by atoms with E-state index >= 15 is 0 Å². The van der Waals surface area contributed by atoms with Crippen molar-refractivity contribution in [1.82, 2.24) is 4.57 Å². The van der Waals surface area contributed by atoms with E-state index in [1.807, 2.05) is 0 Å². The second-order valence-corrected chi connectivity index (χ2v) is 4.86. The van der Waals surface area contributed by atoms with Crippen LogP contribution in [0.3, 0.4) is 0 Å². The third-order valence-corrected chi connectivity index (χ3v) is 3.17. The molecule has 1 heterocycles.